The van der Waals surface area contributed by atoms with Crippen LogP contribution in [0.1, 0.15) is 19.7 Å². The van der Waals surface area contributed by atoms with Gasteiger partial charge in [0.25, 0.3) is 0 Å². The van der Waals surface area contributed by atoms with E-state index < -0.39 is 0 Å². The summed E-state index contributed by atoms with van der Waals surface area (Å²) in [6.07, 6.45) is 0. The minimum atomic E-state index is 0.475. The third-order valence-electron chi connectivity index (χ3n) is 2.15. The average Bonchev–Trinajstić information content (AvgIpc) is 2.75. The molecule has 2 rings (SSSR count). The molecule has 0 fully saturated rings. The van der Waals surface area contributed by atoms with E-state index in [1.165, 1.54) is 0 Å². The van der Waals surface area contributed by atoms with Crippen LogP contribution in [0.5, 0.6) is 0 Å². The van der Waals surface area contributed by atoms with Crippen molar-refractivity contribution in [3.63, 3.8) is 0 Å². The van der Waals surface area contributed by atoms with E-state index in [-0.39, 0.29) is 0 Å². The molecule has 0 aliphatic rings. The van der Waals surface area contributed by atoms with E-state index in [4.69, 9.17) is 4.74 Å². The van der Waals surface area contributed by atoms with E-state index in [0.29, 0.717) is 13.2 Å². The van der Waals surface area contributed by atoms with Gasteiger partial charge in [-0.3, -0.25) is 0 Å². The van der Waals surface area contributed by atoms with E-state index >= 15 is 0 Å². The molecule has 0 unspecified atom stereocenters. The number of hydrogen-bond acceptors (Lipinski definition) is 5. The Morgan fingerprint density at radius 2 is 2.25 bits per heavy atom. The van der Waals surface area contributed by atoms with Crippen LogP contribution >= 0.6 is 11.3 Å². The molecule has 0 atom stereocenters. The normalized spacial score (nSPS) is 10.9. The van der Waals surface area contributed by atoms with Crippen LogP contribution in [0.15, 0.2) is 11.4 Å². The lowest BCUT2D eigenvalue weighted by molar-refractivity contribution is 0.128. The molecule has 0 saturated heterocycles. The van der Waals surface area contributed by atoms with E-state index in [2.05, 4.69) is 22.2 Å². The number of aromatic nitrogens is 2. The van der Waals surface area contributed by atoms with Crippen molar-refractivity contribution in [2.75, 3.05) is 18.5 Å². The summed E-state index contributed by atoms with van der Waals surface area (Å²) in [4.78, 5) is 9.93. The third kappa shape index (κ3) is 2.31. The van der Waals surface area contributed by atoms with Gasteiger partial charge in [0.2, 0.25) is 0 Å². The van der Waals surface area contributed by atoms with E-state index in [9.17, 15) is 0 Å². The summed E-state index contributed by atoms with van der Waals surface area (Å²) < 4.78 is 5.33. The summed E-state index contributed by atoms with van der Waals surface area (Å²) in [7, 11) is 0. The van der Waals surface area contributed by atoms with Gasteiger partial charge in [-0.15, -0.1) is 11.3 Å². The maximum Gasteiger partial charge on any atom is 0.158 e. The quantitative estimate of drug-likeness (QED) is 0.868. The van der Waals surface area contributed by atoms with E-state index in [1.54, 1.807) is 11.3 Å². The zero-order chi connectivity index (χ0) is 11.4. The molecular formula is C11H15N3OS. The average molecular weight is 237 g/mol. The summed E-state index contributed by atoms with van der Waals surface area (Å²) >= 11 is 1.63. The third-order valence-corrected chi connectivity index (χ3v) is 2.96. The maximum absolute atomic E-state index is 5.33. The second-order valence-electron chi connectivity index (χ2n) is 3.30. The molecule has 0 bridgehead atoms. The first-order valence-electron chi connectivity index (χ1n) is 5.40. The predicted molar refractivity (Wildman–Crippen MR) is 66.9 cm³/mol. The molecule has 2 aromatic heterocycles. The Morgan fingerprint density at radius 1 is 1.38 bits per heavy atom. The molecule has 16 heavy (non-hydrogen) atoms. The van der Waals surface area contributed by atoms with Gasteiger partial charge in [0.05, 0.1) is 5.39 Å². The lowest BCUT2D eigenvalue weighted by Crippen LogP contribution is -2.05. The highest BCUT2D eigenvalue weighted by molar-refractivity contribution is 7.16. The number of nitrogens with zero attached hydrogens (tertiary/aromatic N) is 2. The number of thiophene rings is 1. The van der Waals surface area contributed by atoms with Crippen LogP contribution in [0.3, 0.4) is 0 Å². The number of nitrogens with one attached hydrogen (secondary N) is 1. The zero-order valence-corrected chi connectivity index (χ0v) is 10.3. The zero-order valence-electron chi connectivity index (χ0n) is 9.49. The van der Waals surface area contributed by atoms with Crippen LogP contribution in [0.2, 0.25) is 0 Å². The highest BCUT2D eigenvalue weighted by atomic mass is 32.1. The highest BCUT2D eigenvalue weighted by Gasteiger charge is 2.07. The van der Waals surface area contributed by atoms with Gasteiger partial charge < -0.3 is 10.1 Å². The Kier molecular flexibility index (Phi) is 3.69. The van der Waals surface area contributed by atoms with E-state index in [0.717, 1.165) is 28.4 Å². The van der Waals surface area contributed by atoms with Gasteiger partial charge >= 0.3 is 0 Å². The molecule has 0 aliphatic heterocycles. The Morgan fingerprint density at radius 3 is 3.00 bits per heavy atom. The lowest BCUT2D eigenvalue weighted by atomic mass is 10.3. The van der Waals surface area contributed by atoms with Gasteiger partial charge in [0.15, 0.2) is 5.82 Å². The molecule has 0 saturated carbocycles. The van der Waals surface area contributed by atoms with Gasteiger partial charge in [0, 0.05) is 13.2 Å². The predicted octanol–water partition coefficient (Wildman–Crippen LogP) is 2.66. The van der Waals surface area contributed by atoms with Crippen molar-refractivity contribution in [1.82, 2.24) is 9.97 Å². The molecule has 0 amide bonds. The van der Waals surface area contributed by atoms with Crippen LogP contribution < -0.4 is 5.32 Å². The van der Waals surface area contributed by atoms with Gasteiger partial charge in [-0.25, -0.2) is 9.97 Å². The van der Waals surface area contributed by atoms with Crippen molar-refractivity contribution in [3.8, 4) is 0 Å². The summed E-state index contributed by atoms with van der Waals surface area (Å²) in [6, 6.07) is 2.04. The van der Waals surface area contributed by atoms with Gasteiger partial charge in [-0.1, -0.05) is 0 Å². The first-order valence-corrected chi connectivity index (χ1v) is 6.28. The minimum absolute atomic E-state index is 0.475. The molecule has 2 aromatic rings. The van der Waals surface area contributed by atoms with E-state index in [1.807, 2.05) is 18.4 Å². The molecule has 5 heteroatoms. The van der Waals surface area contributed by atoms with Crippen LogP contribution in [-0.2, 0) is 11.3 Å². The summed E-state index contributed by atoms with van der Waals surface area (Å²) in [5.41, 5.74) is 0. The minimum Gasteiger partial charge on any atom is -0.374 e. The molecule has 0 aromatic carbocycles. The van der Waals surface area contributed by atoms with Gasteiger partial charge in [-0.05, 0) is 25.3 Å². The SMILES string of the molecule is CCNc1nc(COCC)nc2sccc12. The van der Waals surface area contributed by atoms with Crippen LogP contribution in [0.25, 0.3) is 10.2 Å². The van der Waals surface area contributed by atoms with Crippen LogP contribution in [0, 0.1) is 0 Å². The van der Waals surface area contributed by atoms with Crippen molar-refractivity contribution in [2.24, 2.45) is 0 Å². The van der Waals surface area contributed by atoms with Crippen molar-refractivity contribution in [1.29, 1.82) is 0 Å². The summed E-state index contributed by atoms with van der Waals surface area (Å²) in [6.45, 7) is 6.04. The first-order chi connectivity index (χ1) is 7.85. The Hall–Kier alpha value is -1.20. The Balaban J connectivity index is 2.36. The first kappa shape index (κ1) is 11.3. The summed E-state index contributed by atoms with van der Waals surface area (Å²) in [5.74, 6) is 1.65. The maximum atomic E-state index is 5.33. The van der Waals surface area contributed by atoms with Crippen LogP contribution in [0.4, 0.5) is 5.82 Å². The molecule has 2 heterocycles. The highest BCUT2D eigenvalue weighted by Crippen LogP contribution is 2.25. The fourth-order valence-electron chi connectivity index (χ4n) is 1.46. The smallest absolute Gasteiger partial charge is 0.158 e. The monoisotopic (exact) mass is 237 g/mol. The topological polar surface area (TPSA) is 47.0 Å². The van der Waals surface area contributed by atoms with Gasteiger partial charge in [0.1, 0.15) is 17.3 Å². The number of ether oxygens (including phenoxy) is 1. The molecule has 4 nitrogen and oxygen atoms in total. The molecule has 1 N–H and O–H groups in total. The standard InChI is InChI=1S/C11H15N3OS/c1-3-12-10-8-5-6-16-11(8)14-9(13-10)7-15-4-2/h5-6H,3-4,7H2,1-2H3,(H,12,13,14). The summed E-state index contributed by atoms with van der Waals surface area (Å²) in [5, 5.41) is 6.38. The largest absolute Gasteiger partial charge is 0.374 e. The van der Waals surface area contributed by atoms with Crippen molar-refractivity contribution in [3.05, 3.63) is 17.3 Å². The Bertz CT molecular complexity index is 469. The second kappa shape index (κ2) is 5.23. The number of fused-ring (bicyclic) bond motifs is 1. The number of anilines is 1. The van der Waals surface area contributed by atoms with Crippen molar-refractivity contribution in [2.45, 2.75) is 20.5 Å². The number of rotatable bonds is 5. The molecular weight excluding hydrogens is 222 g/mol. The fraction of sp³-hybridized carbons (Fsp3) is 0.455. The Labute approximate surface area is 98.7 Å². The van der Waals surface area contributed by atoms with Crippen molar-refractivity contribution >= 4 is 27.4 Å². The molecule has 0 aliphatic carbocycles. The second-order valence-corrected chi connectivity index (χ2v) is 4.19. The lowest BCUT2D eigenvalue weighted by Gasteiger charge is -2.06. The van der Waals surface area contributed by atoms with Crippen LogP contribution in [-0.4, -0.2) is 23.1 Å². The fourth-order valence-corrected chi connectivity index (χ4v) is 2.24. The van der Waals surface area contributed by atoms with Crippen molar-refractivity contribution < 1.29 is 4.74 Å². The molecule has 0 spiro atoms. The number of hydrogen-bond donors (Lipinski definition) is 1. The van der Waals surface area contributed by atoms with Gasteiger partial charge in [-0.2, -0.15) is 0 Å². The molecule has 86 valence electrons. The molecule has 0 radical (unpaired) electrons.